The SMILES string of the molecule is CCC(=O)[C@H]1C(c2ccccc2)=C(c2ccccc2)[C@H](c2ccccc2)[C@H](C(=O)c2ccccc2)[C@@H]1C. The van der Waals surface area contributed by atoms with E-state index in [1.165, 1.54) is 0 Å². The van der Waals surface area contributed by atoms with Gasteiger partial charge in [0.15, 0.2) is 5.78 Å². The second-order valence-electron chi connectivity index (χ2n) is 9.86. The average Bonchev–Trinajstić information content (AvgIpc) is 2.97. The van der Waals surface area contributed by atoms with Crippen LogP contribution >= 0.6 is 0 Å². The van der Waals surface area contributed by atoms with Gasteiger partial charge in [-0.25, -0.2) is 0 Å². The third kappa shape index (κ3) is 4.72. The van der Waals surface area contributed by atoms with Crippen LogP contribution < -0.4 is 0 Å². The Morgan fingerprint density at radius 1 is 0.622 bits per heavy atom. The smallest absolute Gasteiger partial charge is 0.167 e. The molecule has 0 saturated heterocycles. The fraction of sp³-hybridized carbons (Fsp3) is 0.200. The van der Waals surface area contributed by atoms with Gasteiger partial charge in [-0.15, -0.1) is 0 Å². The molecule has 4 aromatic rings. The van der Waals surface area contributed by atoms with E-state index in [1.54, 1.807) is 0 Å². The molecule has 0 spiro atoms. The molecule has 0 aromatic heterocycles. The predicted octanol–water partition coefficient (Wildman–Crippen LogP) is 8.13. The molecular weight excluding hydrogens is 452 g/mol. The van der Waals surface area contributed by atoms with Crippen molar-refractivity contribution in [1.82, 2.24) is 0 Å². The van der Waals surface area contributed by atoms with E-state index in [4.69, 9.17) is 0 Å². The molecular formula is C35H32O2. The lowest BCUT2D eigenvalue weighted by atomic mass is 9.57. The Kier molecular flexibility index (Phi) is 7.28. The summed E-state index contributed by atoms with van der Waals surface area (Å²) < 4.78 is 0. The Morgan fingerprint density at radius 3 is 1.59 bits per heavy atom. The summed E-state index contributed by atoms with van der Waals surface area (Å²) in [6, 6.07) is 40.5. The highest BCUT2D eigenvalue weighted by Crippen LogP contribution is 2.55. The number of carbonyl (C=O) groups is 2. The number of Topliss-reactive ketones (excluding diaryl/α,β-unsaturated/α-hetero) is 2. The number of ketones is 2. The van der Waals surface area contributed by atoms with Crippen LogP contribution in [0.1, 0.15) is 53.2 Å². The van der Waals surface area contributed by atoms with Gasteiger partial charge in [0.25, 0.3) is 0 Å². The van der Waals surface area contributed by atoms with Crippen LogP contribution in [0.25, 0.3) is 11.1 Å². The first-order valence-electron chi connectivity index (χ1n) is 13.1. The summed E-state index contributed by atoms with van der Waals surface area (Å²) >= 11 is 0. The Morgan fingerprint density at radius 2 is 1.08 bits per heavy atom. The van der Waals surface area contributed by atoms with E-state index in [0.717, 1.165) is 27.8 Å². The summed E-state index contributed by atoms with van der Waals surface area (Å²) in [5.74, 6) is -0.850. The van der Waals surface area contributed by atoms with Crippen LogP contribution in [0.2, 0.25) is 0 Å². The largest absolute Gasteiger partial charge is 0.299 e. The number of allylic oxidation sites excluding steroid dienone is 2. The van der Waals surface area contributed by atoms with Crippen molar-refractivity contribution in [2.45, 2.75) is 26.2 Å². The molecule has 0 radical (unpaired) electrons. The number of hydrogen-bond acceptors (Lipinski definition) is 2. The zero-order chi connectivity index (χ0) is 25.8. The maximum absolute atomic E-state index is 14.3. The molecule has 0 fully saturated rings. The molecule has 4 aromatic carbocycles. The Bertz CT molecular complexity index is 1390. The van der Waals surface area contributed by atoms with Crippen molar-refractivity contribution in [3.05, 3.63) is 144 Å². The van der Waals surface area contributed by atoms with E-state index >= 15 is 0 Å². The van der Waals surface area contributed by atoms with Gasteiger partial charge in [0, 0.05) is 29.7 Å². The molecule has 5 rings (SSSR count). The molecule has 1 aliphatic rings. The molecule has 0 saturated carbocycles. The fourth-order valence-electron chi connectivity index (χ4n) is 6.09. The van der Waals surface area contributed by atoms with Gasteiger partial charge in [-0.2, -0.15) is 0 Å². The monoisotopic (exact) mass is 484 g/mol. The van der Waals surface area contributed by atoms with Crippen LogP contribution in [-0.4, -0.2) is 11.6 Å². The minimum absolute atomic E-state index is 0.0939. The lowest BCUT2D eigenvalue weighted by molar-refractivity contribution is -0.122. The van der Waals surface area contributed by atoms with Crippen molar-refractivity contribution >= 4 is 22.7 Å². The highest BCUT2D eigenvalue weighted by atomic mass is 16.1. The van der Waals surface area contributed by atoms with Gasteiger partial charge in [0.05, 0.1) is 0 Å². The number of hydrogen-bond donors (Lipinski definition) is 0. The predicted molar refractivity (Wildman–Crippen MR) is 151 cm³/mol. The molecule has 0 aliphatic heterocycles. The summed E-state index contributed by atoms with van der Waals surface area (Å²) in [6.07, 6.45) is 0.426. The first-order valence-corrected chi connectivity index (χ1v) is 13.1. The van der Waals surface area contributed by atoms with Crippen LogP contribution in [0.4, 0.5) is 0 Å². The number of carbonyl (C=O) groups excluding carboxylic acids is 2. The fourth-order valence-corrected chi connectivity index (χ4v) is 6.09. The van der Waals surface area contributed by atoms with Crippen molar-refractivity contribution in [2.24, 2.45) is 17.8 Å². The van der Waals surface area contributed by atoms with Crippen LogP contribution in [0, 0.1) is 17.8 Å². The van der Waals surface area contributed by atoms with Crippen LogP contribution in [-0.2, 0) is 4.79 Å². The normalized spacial score (nSPS) is 21.5. The van der Waals surface area contributed by atoms with E-state index in [1.807, 2.05) is 91.9 Å². The van der Waals surface area contributed by atoms with Crippen LogP contribution in [0.15, 0.2) is 121 Å². The van der Waals surface area contributed by atoms with Gasteiger partial charge in [-0.1, -0.05) is 135 Å². The third-order valence-corrected chi connectivity index (χ3v) is 7.75. The standard InChI is InChI=1S/C35H32O2/c1-3-29(36)30-24(2)31(35(37)28-22-14-7-15-23-28)33(26-18-10-5-11-19-26)34(27-20-12-6-13-21-27)32(30)25-16-8-4-9-17-25/h4-24,30-31,33H,3H2,1-2H3/t24-,30+,31-,33-/m1/s1. The molecule has 0 amide bonds. The molecule has 4 atom stereocenters. The van der Waals surface area contributed by atoms with Crippen molar-refractivity contribution in [2.75, 3.05) is 0 Å². The van der Waals surface area contributed by atoms with Crippen LogP contribution in [0.5, 0.6) is 0 Å². The molecule has 37 heavy (non-hydrogen) atoms. The van der Waals surface area contributed by atoms with Crippen LogP contribution in [0.3, 0.4) is 0 Å². The highest BCUT2D eigenvalue weighted by Gasteiger charge is 2.48. The molecule has 0 unspecified atom stereocenters. The van der Waals surface area contributed by atoms with Gasteiger partial charge in [-0.05, 0) is 33.8 Å². The molecule has 0 heterocycles. The summed E-state index contributed by atoms with van der Waals surface area (Å²) in [4.78, 5) is 28.1. The quantitative estimate of drug-likeness (QED) is 0.248. The maximum atomic E-state index is 14.3. The summed E-state index contributed by atoms with van der Waals surface area (Å²) in [5.41, 5.74) is 6.03. The zero-order valence-corrected chi connectivity index (χ0v) is 21.4. The van der Waals surface area contributed by atoms with E-state index in [2.05, 4.69) is 43.3 Å². The maximum Gasteiger partial charge on any atom is 0.167 e. The Hall–Kier alpha value is -4.04. The van der Waals surface area contributed by atoms with E-state index < -0.39 is 0 Å². The summed E-state index contributed by atoms with van der Waals surface area (Å²) in [6.45, 7) is 4.03. The van der Waals surface area contributed by atoms with Crippen molar-refractivity contribution in [3.63, 3.8) is 0 Å². The topological polar surface area (TPSA) is 34.1 Å². The summed E-state index contributed by atoms with van der Waals surface area (Å²) in [5, 5.41) is 0. The lowest BCUT2D eigenvalue weighted by Crippen LogP contribution is -2.41. The third-order valence-electron chi connectivity index (χ3n) is 7.75. The molecule has 0 bridgehead atoms. The van der Waals surface area contributed by atoms with E-state index in [-0.39, 0.29) is 35.2 Å². The Labute approximate surface area is 219 Å². The minimum atomic E-state index is -0.382. The van der Waals surface area contributed by atoms with Gasteiger partial charge >= 0.3 is 0 Å². The lowest BCUT2D eigenvalue weighted by Gasteiger charge is -2.44. The van der Waals surface area contributed by atoms with Gasteiger partial charge in [0.2, 0.25) is 0 Å². The Balaban J connectivity index is 1.87. The second-order valence-corrected chi connectivity index (χ2v) is 9.86. The summed E-state index contributed by atoms with van der Waals surface area (Å²) in [7, 11) is 0. The first kappa shape index (κ1) is 24.6. The molecule has 0 N–H and O–H groups in total. The highest BCUT2D eigenvalue weighted by molar-refractivity contribution is 6.09. The van der Waals surface area contributed by atoms with E-state index in [9.17, 15) is 9.59 Å². The molecule has 2 heteroatoms. The number of benzene rings is 4. The molecule has 2 nitrogen and oxygen atoms in total. The average molecular weight is 485 g/mol. The van der Waals surface area contributed by atoms with Gasteiger partial charge < -0.3 is 0 Å². The zero-order valence-electron chi connectivity index (χ0n) is 21.4. The first-order chi connectivity index (χ1) is 18.1. The van der Waals surface area contributed by atoms with Gasteiger partial charge in [0.1, 0.15) is 5.78 Å². The molecule has 1 aliphatic carbocycles. The molecule has 184 valence electrons. The second kappa shape index (κ2) is 10.9. The number of rotatable bonds is 7. The minimum Gasteiger partial charge on any atom is -0.299 e. The van der Waals surface area contributed by atoms with E-state index in [0.29, 0.717) is 12.0 Å². The van der Waals surface area contributed by atoms with Crippen molar-refractivity contribution < 1.29 is 9.59 Å². The van der Waals surface area contributed by atoms with Crippen molar-refractivity contribution in [3.8, 4) is 0 Å². The van der Waals surface area contributed by atoms with Crippen molar-refractivity contribution in [1.29, 1.82) is 0 Å². The van der Waals surface area contributed by atoms with Gasteiger partial charge in [-0.3, -0.25) is 9.59 Å².